The Labute approximate surface area is 212 Å². The van der Waals surface area contributed by atoms with Crippen molar-refractivity contribution in [2.75, 3.05) is 26.7 Å². The van der Waals surface area contributed by atoms with Crippen LogP contribution in [0.1, 0.15) is 49.7 Å². The van der Waals surface area contributed by atoms with E-state index in [4.69, 9.17) is 16.3 Å². The SMILES string of the molecule is COc1ccc2ncc(Cl)c(CCCC3(C(=O)O)CCN(CCCCc4cccnc4)CC3)c2c1. The topological polar surface area (TPSA) is 75.6 Å². The maximum absolute atomic E-state index is 12.3. The largest absolute Gasteiger partial charge is 0.497 e. The molecule has 6 nitrogen and oxygen atoms in total. The lowest BCUT2D eigenvalue weighted by atomic mass is 9.74. The van der Waals surface area contributed by atoms with Crippen molar-refractivity contribution in [2.24, 2.45) is 5.41 Å². The lowest BCUT2D eigenvalue weighted by Gasteiger charge is -2.39. The van der Waals surface area contributed by atoms with Crippen molar-refractivity contribution >= 4 is 28.5 Å². The number of carboxylic acids is 1. The van der Waals surface area contributed by atoms with Crippen LogP contribution in [0.15, 0.2) is 48.9 Å². The lowest BCUT2D eigenvalue weighted by Crippen LogP contribution is -2.44. The molecule has 0 radical (unpaired) electrons. The molecule has 1 aliphatic rings. The first kappa shape index (κ1) is 25.4. The van der Waals surface area contributed by atoms with Crippen LogP contribution in [-0.4, -0.2) is 52.7 Å². The molecule has 0 atom stereocenters. The Morgan fingerprint density at radius 1 is 1.14 bits per heavy atom. The van der Waals surface area contributed by atoms with Crippen LogP contribution in [0.3, 0.4) is 0 Å². The number of halogens is 1. The molecule has 1 fully saturated rings. The van der Waals surface area contributed by atoms with Crippen LogP contribution in [-0.2, 0) is 17.6 Å². The number of likely N-dealkylation sites (tertiary alicyclic amines) is 1. The summed E-state index contributed by atoms with van der Waals surface area (Å²) in [5.74, 6) is 0.0960. The van der Waals surface area contributed by atoms with E-state index in [1.807, 2.05) is 30.5 Å². The van der Waals surface area contributed by atoms with Crippen molar-refractivity contribution in [3.8, 4) is 5.75 Å². The average molecular weight is 496 g/mol. The van der Waals surface area contributed by atoms with Gasteiger partial charge in [0, 0.05) is 24.0 Å². The minimum absolute atomic E-state index is 0.622. The maximum Gasteiger partial charge on any atom is 0.309 e. The molecule has 186 valence electrons. The van der Waals surface area contributed by atoms with Crippen molar-refractivity contribution in [2.45, 2.75) is 51.4 Å². The molecule has 1 saturated heterocycles. The minimum atomic E-state index is -0.666. The fourth-order valence-corrected chi connectivity index (χ4v) is 5.42. The molecular formula is C28H34ClN3O3. The van der Waals surface area contributed by atoms with E-state index < -0.39 is 11.4 Å². The molecule has 3 aromatic rings. The van der Waals surface area contributed by atoms with E-state index in [0.29, 0.717) is 24.3 Å². The maximum atomic E-state index is 12.3. The fraction of sp³-hybridized carbons (Fsp3) is 0.464. The number of benzene rings is 1. The number of aromatic nitrogens is 2. The number of unbranched alkanes of at least 4 members (excludes halogenated alkanes) is 1. The van der Waals surface area contributed by atoms with Gasteiger partial charge >= 0.3 is 5.97 Å². The van der Waals surface area contributed by atoms with E-state index >= 15 is 0 Å². The zero-order chi connectivity index (χ0) is 24.7. The number of hydrogen-bond acceptors (Lipinski definition) is 5. The van der Waals surface area contributed by atoms with Gasteiger partial charge in [0.15, 0.2) is 0 Å². The molecule has 35 heavy (non-hydrogen) atoms. The van der Waals surface area contributed by atoms with Gasteiger partial charge in [-0.1, -0.05) is 17.7 Å². The van der Waals surface area contributed by atoms with Crippen LogP contribution in [0.2, 0.25) is 5.02 Å². The first-order chi connectivity index (χ1) is 17.0. The monoisotopic (exact) mass is 495 g/mol. The van der Waals surface area contributed by atoms with Gasteiger partial charge < -0.3 is 14.7 Å². The second kappa shape index (κ2) is 11.8. The summed E-state index contributed by atoms with van der Waals surface area (Å²) in [6.07, 6.45) is 12.2. The molecular weight excluding hydrogens is 462 g/mol. The molecule has 3 heterocycles. The first-order valence-corrected chi connectivity index (χ1v) is 12.8. The van der Waals surface area contributed by atoms with Gasteiger partial charge in [-0.3, -0.25) is 14.8 Å². The lowest BCUT2D eigenvalue weighted by molar-refractivity contribution is -0.152. The number of nitrogens with zero attached hydrogens (tertiary/aromatic N) is 3. The van der Waals surface area contributed by atoms with Crippen LogP contribution >= 0.6 is 11.6 Å². The molecule has 0 amide bonds. The number of aliphatic carboxylic acids is 1. The highest BCUT2D eigenvalue weighted by atomic mass is 35.5. The normalized spacial score (nSPS) is 15.8. The second-order valence-electron chi connectivity index (χ2n) is 9.57. The third kappa shape index (κ3) is 6.30. The predicted molar refractivity (Wildman–Crippen MR) is 139 cm³/mol. The van der Waals surface area contributed by atoms with E-state index in [1.165, 1.54) is 5.56 Å². The number of hydrogen-bond donors (Lipinski definition) is 1. The van der Waals surface area contributed by atoms with Gasteiger partial charge in [-0.15, -0.1) is 0 Å². The van der Waals surface area contributed by atoms with E-state index in [1.54, 1.807) is 19.5 Å². The Kier molecular flexibility index (Phi) is 8.58. The Bertz CT molecular complexity index is 1130. The Balaban J connectivity index is 1.30. The van der Waals surface area contributed by atoms with Gasteiger partial charge in [-0.25, -0.2) is 0 Å². The standard InChI is InChI=1S/C28H34ClN3O3/c1-35-22-9-10-26-24(18-22)23(25(29)20-31-26)8-4-11-28(27(33)34)12-16-32(17-13-28)15-3-2-6-21-7-5-14-30-19-21/h5,7,9-10,14,18-20H,2-4,6,8,11-13,15-17H2,1H3,(H,33,34). The fourth-order valence-electron chi connectivity index (χ4n) is 5.17. The number of carboxylic acid groups (broad SMARTS) is 1. The number of piperidine rings is 1. The molecule has 0 unspecified atom stereocenters. The van der Waals surface area contributed by atoms with Crippen molar-refractivity contribution < 1.29 is 14.6 Å². The van der Waals surface area contributed by atoms with E-state index in [-0.39, 0.29) is 0 Å². The quantitative estimate of drug-likeness (QED) is 0.338. The van der Waals surface area contributed by atoms with E-state index in [0.717, 1.165) is 74.0 Å². The number of fused-ring (bicyclic) bond motifs is 1. The highest BCUT2D eigenvalue weighted by Crippen LogP contribution is 2.38. The molecule has 0 spiro atoms. The summed E-state index contributed by atoms with van der Waals surface area (Å²) in [6.45, 7) is 2.71. The van der Waals surface area contributed by atoms with E-state index in [9.17, 15) is 9.90 Å². The summed E-state index contributed by atoms with van der Waals surface area (Å²) >= 11 is 6.51. The number of carbonyl (C=O) groups is 1. The molecule has 1 aliphatic heterocycles. The molecule has 7 heteroatoms. The van der Waals surface area contributed by atoms with Crippen LogP contribution in [0.5, 0.6) is 5.75 Å². The Hall–Kier alpha value is -2.70. The number of pyridine rings is 2. The molecule has 4 rings (SSSR count). The number of aryl methyl sites for hydroxylation is 2. The first-order valence-electron chi connectivity index (χ1n) is 12.5. The summed E-state index contributed by atoms with van der Waals surface area (Å²) in [5, 5.41) is 11.7. The number of methoxy groups -OCH3 is 1. The third-order valence-corrected chi connectivity index (χ3v) is 7.72. The van der Waals surface area contributed by atoms with Crippen LogP contribution in [0, 0.1) is 5.41 Å². The summed E-state index contributed by atoms with van der Waals surface area (Å²) in [6, 6.07) is 9.88. The Morgan fingerprint density at radius 3 is 2.69 bits per heavy atom. The van der Waals surface area contributed by atoms with Crippen LogP contribution in [0.25, 0.3) is 10.9 Å². The number of rotatable bonds is 11. The predicted octanol–water partition coefficient (Wildman–Crippen LogP) is 5.80. The summed E-state index contributed by atoms with van der Waals surface area (Å²) in [5.41, 5.74) is 2.51. The summed E-state index contributed by atoms with van der Waals surface area (Å²) < 4.78 is 5.38. The van der Waals surface area contributed by atoms with Crippen molar-refractivity contribution in [1.29, 1.82) is 0 Å². The van der Waals surface area contributed by atoms with Crippen molar-refractivity contribution in [1.82, 2.24) is 14.9 Å². The highest BCUT2D eigenvalue weighted by molar-refractivity contribution is 6.32. The third-order valence-electron chi connectivity index (χ3n) is 7.40. The van der Waals surface area contributed by atoms with Gasteiger partial charge in [-0.05, 0) is 106 Å². The van der Waals surface area contributed by atoms with Gasteiger partial charge in [0.05, 0.1) is 23.1 Å². The summed E-state index contributed by atoms with van der Waals surface area (Å²) in [4.78, 5) is 23.3. The zero-order valence-corrected chi connectivity index (χ0v) is 21.1. The number of ether oxygens (including phenoxy) is 1. The molecule has 1 aromatic carbocycles. The molecule has 1 N–H and O–H groups in total. The Morgan fingerprint density at radius 2 is 1.97 bits per heavy atom. The van der Waals surface area contributed by atoms with Gasteiger partial charge in [-0.2, -0.15) is 0 Å². The average Bonchev–Trinajstić information content (AvgIpc) is 2.89. The zero-order valence-electron chi connectivity index (χ0n) is 20.4. The molecule has 0 saturated carbocycles. The second-order valence-corrected chi connectivity index (χ2v) is 9.97. The summed E-state index contributed by atoms with van der Waals surface area (Å²) in [7, 11) is 1.64. The molecule has 2 aromatic heterocycles. The van der Waals surface area contributed by atoms with Crippen molar-refractivity contribution in [3.63, 3.8) is 0 Å². The van der Waals surface area contributed by atoms with Gasteiger partial charge in [0.25, 0.3) is 0 Å². The highest BCUT2D eigenvalue weighted by Gasteiger charge is 2.40. The van der Waals surface area contributed by atoms with E-state index in [2.05, 4.69) is 20.9 Å². The molecule has 0 aliphatic carbocycles. The van der Waals surface area contributed by atoms with Crippen LogP contribution < -0.4 is 4.74 Å². The smallest absolute Gasteiger partial charge is 0.309 e. The minimum Gasteiger partial charge on any atom is -0.497 e. The van der Waals surface area contributed by atoms with Gasteiger partial charge in [0.2, 0.25) is 0 Å². The van der Waals surface area contributed by atoms with Gasteiger partial charge in [0.1, 0.15) is 5.75 Å². The van der Waals surface area contributed by atoms with Crippen LogP contribution in [0.4, 0.5) is 0 Å². The molecule has 0 bridgehead atoms. The van der Waals surface area contributed by atoms with Crippen molar-refractivity contribution in [3.05, 3.63) is 65.1 Å².